The molecule has 192 valence electrons. The molecular weight excluding hydrogens is 465 g/mol. The van der Waals surface area contributed by atoms with E-state index < -0.39 is 23.9 Å². The van der Waals surface area contributed by atoms with Crippen molar-refractivity contribution in [3.05, 3.63) is 41.8 Å². The number of aryl methyl sites for hydroxylation is 1. The minimum atomic E-state index is -1.15. The number of hydrogen-bond donors (Lipinski definition) is 5. The summed E-state index contributed by atoms with van der Waals surface area (Å²) in [7, 11) is 0. The number of carbonyl (C=O) groups excluding carboxylic acids is 1. The van der Waals surface area contributed by atoms with Crippen LogP contribution in [0.4, 0.5) is 26.5 Å². The molecule has 2 heterocycles. The molecule has 0 aliphatic heterocycles. The molecular formula is C25H32FN7O3. The summed E-state index contributed by atoms with van der Waals surface area (Å²) in [4.78, 5) is 27.8. The number of nitrogens with zero attached hydrogens (tertiary/aromatic N) is 3. The van der Waals surface area contributed by atoms with Gasteiger partial charge in [-0.3, -0.25) is 9.48 Å². The van der Waals surface area contributed by atoms with Gasteiger partial charge in [-0.2, -0.15) is 5.10 Å². The summed E-state index contributed by atoms with van der Waals surface area (Å²) >= 11 is 0. The van der Waals surface area contributed by atoms with Gasteiger partial charge in [0.05, 0.1) is 23.3 Å². The Labute approximate surface area is 208 Å². The number of halogens is 1. The number of nitrogens with two attached hydrogens (primary N) is 1. The quantitative estimate of drug-likeness (QED) is 0.293. The molecule has 2 atom stereocenters. The van der Waals surface area contributed by atoms with Gasteiger partial charge in [-0.1, -0.05) is 19.3 Å². The van der Waals surface area contributed by atoms with E-state index in [-0.39, 0.29) is 29.2 Å². The number of aromatic nitrogens is 3. The molecule has 1 saturated carbocycles. The number of nitrogens with one attached hydrogen (secondary N) is 3. The van der Waals surface area contributed by atoms with E-state index >= 15 is 4.39 Å². The number of fused-ring (bicyclic) bond motifs is 1. The summed E-state index contributed by atoms with van der Waals surface area (Å²) in [5.41, 5.74) is 7.03. The summed E-state index contributed by atoms with van der Waals surface area (Å²) in [6.45, 7) is 4.48. The predicted octanol–water partition coefficient (Wildman–Crippen LogP) is 4.45. The van der Waals surface area contributed by atoms with Crippen LogP contribution in [0.3, 0.4) is 0 Å². The molecule has 36 heavy (non-hydrogen) atoms. The summed E-state index contributed by atoms with van der Waals surface area (Å²) in [5, 5.41) is 23.2. The van der Waals surface area contributed by atoms with Crippen LogP contribution in [0.2, 0.25) is 0 Å². The van der Waals surface area contributed by atoms with Crippen LogP contribution in [0.1, 0.15) is 56.3 Å². The maximum atomic E-state index is 15.1. The minimum absolute atomic E-state index is 0.0722. The summed E-state index contributed by atoms with van der Waals surface area (Å²) < 4.78 is 17.0. The Morgan fingerprint density at radius 3 is 2.64 bits per heavy atom. The molecule has 3 aromatic rings. The Morgan fingerprint density at radius 2 is 1.97 bits per heavy atom. The van der Waals surface area contributed by atoms with Crippen LogP contribution in [0.25, 0.3) is 10.9 Å². The molecule has 1 aromatic carbocycles. The number of hydrogen-bond acceptors (Lipinski definition) is 6. The van der Waals surface area contributed by atoms with Gasteiger partial charge in [0, 0.05) is 23.7 Å². The van der Waals surface area contributed by atoms with E-state index in [9.17, 15) is 14.7 Å². The average molecular weight is 498 g/mol. The van der Waals surface area contributed by atoms with Crippen molar-refractivity contribution in [2.45, 2.75) is 64.6 Å². The van der Waals surface area contributed by atoms with Crippen LogP contribution in [-0.2, 0) is 6.54 Å². The number of amides is 2. The van der Waals surface area contributed by atoms with E-state index in [1.54, 1.807) is 13.1 Å². The predicted molar refractivity (Wildman–Crippen MR) is 136 cm³/mol. The Morgan fingerprint density at radius 1 is 1.22 bits per heavy atom. The van der Waals surface area contributed by atoms with Crippen molar-refractivity contribution >= 4 is 40.2 Å². The van der Waals surface area contributed by atoms with Gasteiger partial charge in [-0.05, 0) is 56.9 Å². The first-order chi connectivity index (χ1) is 17.3. The van der Waals surface area contributed by atoms with E-state index in [2.05, 4.69) is 26.0 Å². The number of rotatable bonds is 9. The molecule has 0 unspecified atom stereocenters. The van der Waals surface area contributed by atoms with Gasteiger partial charge in [-0.15, -0.1) is 0 Å². The van der Waals surface area contributed by atoms with Gasteiger partial charge in [0.25, 0.3) is 5.91 Å². The summed E-state index contributed by atoms with van der Waals surface area (Å²) in [6, 6.07) is 5.77. The number of carbonyl (C=O) groups is 2. The molecule has 4 rings (SSSR count). The second-order valence-electron chi connectivity index (χ2n) is 9.24. The van der Waals surface area contributed by atoms with Gasteiger partial charge in [0.15, 0.2) is 11.6 Å². The van der Waals surface area contributed by atoms with Crippen LogP contribution < -0.4 is 21.7 Å². The maximum absolute atomic E-state index is 15.1. The number of carboxylic acid groups (broad SMARTS) is 1. The molecule has 0 bridgehead atoms. The third-order valence-corrected chi connectivity index (χ3v) is 6.80. The van der Waals surface area contributed by atoms with Crippen LogP contribution in [0, 0.1) is 11.7 Å². The molecule has 2 amide bonds. The van der Waals surface area contributed by atoms with Crippen LogP contribution in [-0.4, -0.2) is 44.0 Å². The van der Waals surface area contributed by atoms with Crippen molar-refractivity contribution in [1.82, 2.24) is 20.1 Å². The molecule has 0 radical (unpaired) electrons. The van der Waals surface area contributed by atoms with Crippen LogP contribution >= 0.6 is 0 Å². The fraction of sp³-hybridized carbons (Fsp3) is 0.440. The molecule has 11 heteroatoms. The van der Waals surface area contributed by atoms with Gasteiger partial charge >= 0.3 is 6.09 Å². The van der Waals surface area contributed by atoms with Crippen LogP contribution in [0.15, 0.2) is 30.5 Å². The molecule has 6 N–H and O–H groups in total. The van der Waals surface area contributed by atoms with E-state index in [0.717, 1.165) is 55.6 Å². The number of benzene rings is 1. The highest BCUT2D eigenvalue weighted by Gasteiger charge is 2.31. The Bertz CT molecular complexity index is 1260. The highest BCUT2D eigenvalue weighted by Crippen LogP contribution is 2.32. The standard InChI is InChI=1S/C25H32FN7O3/c1-3-33-20-10-9-17(11-16(20)13-28-33)30-23-18(22(27)34)12-19(26)24(32-23)31-21(14(2)29-25(35)36)15-7-5-4-6-8-15/h9-15,21,29H,3-8H2,1-2H3,(H2,27,34)(H,35,36)(H2,30,31,32)/t14-,21+/m0/s1. The second-order valence-corrected chi connectivity index (χ2v) is 9.24. The number of anilines is 3. The van der Waals surface area contributed by atoms with E-state index in [4.69, 9.17) is 5.73 Å². The number of primary amides is 1. The van der Waals surface area contributed by atoms with Crippen molar-refractivity contribution in [3.63, 3.8) is 0 Å². The van der Waals surface area contributed by atoms with E-state index in [1.807, 2.05) is 29.8 Å². The van der Waals surface area contributed by atoms with Gasteiger partial charge in [0.1, 0.15) is 5.82 Å². The first-order valence-corrected chi connectivity index (χ1v) is 12.3. The Hall–Kier alpha value is -3.89. The fourth-order valence-electron chi connectivity index (χ4n) is 5.01. The van der Waals surface area contributed by atoms with E-state index in [0.29, 0.717) is 5.69 Å². The first-order valence-electron chi connectivity index (χ1n) is 12.3. The monoisotopic (exact) mass is 497 g/mol. The van der Waals surface area contributed by atoms with Crippen molar-refractivity contribution in [2.24, 2.45) is 11.7 Å². The Balaban J connectivity index is 1.66. The lowest BCUT2D eigenvalue weighted by molar-refractivity contribution is 0.1000. The van der Waals surface area contributed by atoms with Gasteiger partial charge in [0.2, 0.25) is 0 Å². The highest BCUT2D eigenvalue weighted by atomic mass is 19.1. The van der Waals surface area contributed by atoms with Crippen molar-refractivity contribution in [1.29, 1.82) is 0 Å². The third-order valence-electron chi connectivity index (χ3n) is 6.80. The molecule has 1 fully saturated rings. The molecule has 1 aliphatic rings. The minimum Gasteiger partial charge on any atom is -0.465 e. The van der Waals surface area contributed by atoms with Crippen LogP contribution in [0.5, 0.6) is 0 Å². The zero-order valence-electron chi connectivity index (χ0n) is 20.4. The zero-order valence-corrected chi connectivity index (χ0v) is 20.4. The Kier molecular flexibility index (Phi) is 7.56. The summed E-state index contributed by atoms with van der Waals surface area (Å²) in [6.07, 6.45) is 5.59. The largest absolute Gasteiger partial charge is 0.465 e. The lowest BCUT2D eigenvalue weighted by atomic mass is 9.81. The van der Waals surface area contributed by atoms with Gasteiger partial charge in [-0.25, -0.2) is 14.2 Å². The first kappa shape index (κ1) is 25.2. The van der Waals surface area contributed by atoms with Crippen molar-refractivity contribution in [3.8, 4) is 0 Å². The topological polar surface area (TPSA) is 147 Å². The molecule has 0 saturated heterocycles. The summed E-state index contributed by atoms with van der Waals surface area (Å²) in [5.74, 6) is -1.38. The average Bonchev–Trinajstić information content (AvgIpc) is 3.26. The zero-order chi connectivity index (χ0) is 25.8. The normalized spacial score (nSPS) is 15.9. The lowest BCUT2D eigenvalue weighted by Crippen LogP contribution is -2.49. The molecule has 2 aromatic heterocycles. The smallest absolute Gasteiger partial charge is 0.404 e. The van der Waals surface area contributed by atoms with Crippen molar-refractivity contribution in [2.75, 3.05) is 10.6 Å². The SMILES string of the molecule is CCn1ncc2cc(Nc3nc(N[C@@H](C4CCCCC4)[C@H](C)NC(=O)O)c(F)cc3C(N)=O)ccc21. The highest BCUT2D eigenvalue weighted by molar-refractivity contribution is 5.99. The third kappa shape index (κ3) is 5.50. The molecule has 10 nitrogen and oxygen atoms in total. The fourth-order valence-corrected chi connectivity index (χ4v) is 5.01. The van der Waals surface area contributed by atoms with E-state index in [1.165, 1.54) is 0 Å². The lowest BCUT2D eigenvalue weighted by Gasteiger charge is -2.35. The molecule has 0 spiro atoms. The van der Waals surface area contributed by atoms with Crippen molar-refractivity contribution < 1.29 is 19.1 Å². The van der Waals surface area contributed by atoms with Gasteiger partial charge < -0.3 is 26.8 Å². The second kappa shape index (κ2) is 10.8. The molecule has 1 aliphatic carbocycles. The number of pyridine rings is 1. The maximum Gasteiger partial charge on any atom is 0.404 e.